The first-order chi connectivity index (χ1) is 9.03. The Labute approximate surface area is 119 Å². The number of carbonyl (C=O) groups is 1. The molecule has 1 rings (SSSR count). The summed E-state index contributed by atoms with van der Waals surface area (Å²) >= 11 is 5.95. The van der Waals surface area contributed by atoms with Gasteiger partial charge in [0.1, 0.15) is 0 Å². The molecule has 0 fully saturated rings. The van der Waals surface area contributed by atoms with E-state index in [1.807, 2.05) is 6.92 Å². The number of nitrogens with zero attached hydrogens (tertiary/aromatic N) is 2. The standard InChI is InChI=1S/C14H18ClN3O/c1-4-18(9-10(2)8-16)14(19)12-7-11(15)5-6-13(12)17-3/h5-7,10,17H,4,9H2,1-3H3. The van der Waals surface area contributed by atoms with E-state index < -0.39 is 0 Å². The fraction of sp³-hybridized carbons (Fsp3) is 0.429. The summed E-state index contributed by atoms with van der Waals surface area (Å²) in [4.78, 5) is 14.1. The number of benzene rings is 1. The molecule has 0 spiro atoms. The molecule has 4 nitrogen and oxygen atoms in total. The van der Waals surface area contributed by atoms with Gasteiger partial charge in [0.25, 0.3) is 5.91 Å². The maximum absolute atomic E-state index is 12.5. The van der Waals surface area contributed by atoms with Crippen molar-refractivity contribution in [3.63, 3.8) is 0 Å². The number of halogens is 1. The zero-order valence-electron chi connectivity index (χ0n) is 11.4. The topological polar surface area (TPSA) is 56.1 Å². The Bertz CT molecular complexity index is 496. The second-order valence-corrected chi connectivity index (χ2v) is 4.75. The first kappa shape index (κ1) is 15.3. The van der Waals surface area contributed by atoms with E-state index in [9.17, 15) is 4.79 Å². The van der Waals surface area contributed by atoms with Crippen molar-refractivity contribution in [1.82, 2.24) is 4.90 Å². The molecule has 1 unspecified atom stereocenters. The van der Waals surface area contributed by atoms with Crippen LogP contribution in [0.1, 0.15) is 24.2 Å². The SMILES string of the molecule is CCN(CC(C)C#N)C(=O)c1cc(Cl)ccc1NC. The highest BCUT2D eigenvalue weighted by Crippen LogP contribution is 2.22. The summed E-state index contributed by atoms with van der Waals surface area (Å²) in [6.07, 6.45) is 0. The summed E-state index contributed by atoms with van der Waals surface area (Å²) in [6.45, 7) is 4.67. The summed E-state index contributed by atoms with van der Waals surface area (Å²) < 4.78 is 0. The Morgan fingerprint density at radius 2 is 2.26 bits per heavy atom. The van der Waals surface area contributed by atoms with Crippen molar-refractivity contribution in [3.05, 3.63) is 28.8 Å². The minimum atomic E-state index is -0.193. The van der Waals surface area contributed by atoms with Gasteiger partial charge in [0.2, 0.25) is 0 Å². The lowest BCUT2D eigenvalue weighted by atomic mass is 10.1. The molecule has 1 amide bonds. The van der Waals surface area contributed by atoms with Crippen LogP contribution in [0.2, 0.25) is 5.02 Å². The largest absolute Gasteiger partial charge is 0.387 e. The molecule has 0 aromatic heterocycles. The number of rotatable bonds is 5. The van der Waals surface area contributed by atoms with Gasteiger partial charge in [0.15, 0.2) is 0 Å². The molecule has 1 aromatic rings. The number of carbonyl (C=O) groups excluding carboxylic acids is 1. The third-order valence-corrected chi connectivity index (χ3v) is 3.10. The molecule has 0 bridgehead atoms. The Hall–Kier alpha value is -1.73. The summed E-state index contributed by atoms with van der Waals surface area (Å²) in [5.41, 5.74) is 1.26. The molecular formula is C14H18ClN3O. The van der Waals surface area contributed by atoms with E-state index in [0.29, 0.717) is 23.7 Å². The van der Waals surface area contributed by atoms with E-state index in [-0.39, 0.29) is 11.8 Å². The van der Waals surface area contributed by atoms with Crippen molar-refractivity contribution in [3.8, 4) is 6.07 Å². The van der Waals surface area contributed by atoms with E-state index in [1.54, 1.807) is 37.1 Å². The lowest BCUT2D eigenvalue weighted by Crippen LogP contribution is -2.34. The fourth-order valence-electron chi connectivity index (χ4n) is 1.81. The van der Waals surface area contributed by atoms with Crippen LogP contribution in [-0.2, 0) is 0 Å². The van der Waals surface area contributed by atoms with E-state index in [1.165, 1.54) is 0 Å². The Balaban J connectivity index is 3.03. The van der Waals surface area contributed by atoms with Gasteiger partial charge in [0.05, 0.1) is 17.6 Å². The molecule has 102 valence electrons. The van der Waals surface area contributed by atoms with Crippen LogP contribution in [0.15, 0.2) is 18.2 Å². The summed E-state index contributed by atoms with van der Waals surface area (Å²) in [5, 5.41) is 12.4. The van der Waals surface area contributed by atoms with Gasteiger partial charge < -0.3 is 10.2 Å². The molecule has 0 heterocycles. The average Bonchev–Trinajstić information content (AvgIpc) is 2.43. The number of hydrogen-bond donors (Lipinski definition) is 1. The van der Waals surface area contributed by atoms with Gasteiger partial charge in [-0.05, 0) is 32.0 Å². The molecule has 0 aliphatic carbocycles. The highest BCUT2D eigenvalue weighted by molar-refractivity contribution is 6.31. The number of anilines is 1. The molecule has 1 aromatic carbocycles. The highest BCUT2D eigenvalue weighted by Gasteiger charge is 2.19. The van der Waals surface area contributed by atoms with Crippen LogP contribution >= 0.6 is 11.6 Å². The van der Waals surface area contributed by atoms with Crippen molar-refractivity contribution in [2.24, 2.45) is 5.92 Å². The first-order valence-corrected chi connectivity index (χ1v) is 6.57. The van der Waals surface area contributed by atoms with Gasteiger partial charge in [-0.2, -0.15) is 5.26 Å². The number of hydrogen-bond acceptors (Lipinski definition) is 3. The van der Waals surface area contributed by atoms with Crippen LogP contribution in [0.4, 0.5) is 5.69 Å². The average molecular weight is 280 g/mol. The predicted octanol–water partition coefficient (Wildman–Crippen LogP) is 3.00. The molecule has 0 aliphatic heterocycles. The molecule has 0 saturated heterocycles. The van der Waals surface area contributed by atoms with Crippen LogP contribution in [0.5, 0.6) is 0 Å². The van der Waals surface area contributed by atoms with Gasteiger partial charge in [0, 0.05) is 30.8 Å². The zero-order valence-corrected chi connectivity index (χ0v) is 12.2. The third-order valence-electron chi connectivity index (χ3n) is 2.86. The molecule has 0 aliphatic rings. The van der Waals surface area contributed by atoms with Gasteiger partial charge in [-0.1, -0.05) is 11.6 Å². The normalized spacial score (nSPS) is 11.5. The second kappa shape index (κ2) is 7.01. The smallest absolute Gasteiger partial charge is 0.256 e. The van der Waals surface area contributed by atoms with E-state index in [0.717, 1.165) is 5.69 Å². The maximum Gasteiger partial charge on any atom is 0.256 e. The van der Waals surface area contributed by atoms with Gasteiger partial charge in [-0.15, -0.1) is 0 Å². The molecule has 0 saturated carbocycles. The Kier molecular flexibility index (Phi) is 5.65. The van der Waals surface area contributed by atoms with E-state index >= 15 is 0 Å². The second-order valence-electron chi connectivity index (χ2n) is 4.31. The highest BCUT2D eigenvalue weighted by atomic mass is 35.5. The van der Waals surface area contributed by atoms with E-state index in [4.69, 9.17) is 16.9 Å². The molecular weight excluding hydrogens is 262 g/mol. The van der Waals surface area contributed by atoms with Crippen molar-refractivity contribution < 1.29 is 4.79 Å². The Morgan fingerprint density at radius 3 is 2.79 bits per heavy atom. The summed E-state index contributed by atoms with van der Waals surface area (Å²) in [6, 6.07) is 7.30. The van der Waals surface area contributed by atoms with Crippen LogP contribution in [0.25, 0.3) is 0 Å². The minimum absolute atomic E-state index is 0.114. The summed E-state index contributed by atoms with van der Waals surface area (Å²) in [5.74, 6) is -0.308. The fourth-order valence-corrected chi connectivity index (χ4v) is 1.98. The molecule has 1 N–H and O–H groups in total. The predicted molar refractivity (Wildman–Crippen MR) is 77.4 cm³/mol. The van der Waals surface area contributed by atoms with Crippen molar-refractivity contribution in [2.45, 2.75) is 13.8 Å². The maximum atomic E-state index is 12.5. The molecule has 1 atom stereocenters. The number of amides is 1. The van der Waals surface area contributed by atoms with Gasteiger partial charge >= 0.3 is 0 Å². The molecule has 19 heavy (non-hydrogen) atoms. The van der Waals surface area contributed by atoms with Crippen LogP contribution < -0.4 is 5.32 Å². The Morgan fingerprint density at radius 1 is 1.58 bits per heavy atom. The first-order valence-electron chi connectivity index (χ1n) is 6.19. The van der Waals surface area contributed by atoms with Gasteiger partial charge in [-0.3, -0.25) is 4.79 Å². The van der Waals surface area contributed by atoms with Crippen molar-refractivity contribution >= 4 is 23.2 Å². The van der Waals surface area contributed by atoms with Crippen LogP contribution in [0, 0.1) is 17.2 Å². The molecule has 0 radical (unpaired) electrons. The number of nitrogens with one attached hydrogen (secondary N) is 1. The van der Waals surface area contributed by atoms with Gasteiger partial charge in [-0.25, -0.2) is 0 Å². The van der Waals surface area contributed by atoms with Crippen LogP contribution in [0.3, 0.4) is 0 Å². The lowest BCUT2D eigenvalue weighted by Gasteiger charge is -2.23. The van der Waals surface area contributed by atoms with E-state index in [2.05, 4.69) is 11.4 Å². The molecule has 5 heteroatoms. The monoisotopic (exact) mass is 279 g/mol. The minimum Gasteiger partial charge on any atom is -0.387 e. The summed E-state index contributed by atoms with van der Waals surface area (Å²) in [7, 11) is 1.76. The van der Waals surface area contributed by atoms with Crippen molar-refractivity contribution in [1.29, 1.82) is 5.26 Å². The number of nitriles is 1. The third kappa shape index (κ3) is 3.87. The quantitative estimate of drug-likeness (QED) is 0.901. The van der Waals surface area contributed by atoms with Crippen LogP contribution in [-0.4, -0.2) is 30.9 Å². The van der Waals surface area contributed by atoms with Crippen molar-refractivity contribution in [2.75, 3.05) is 25.5 Å². The zero-order chi connectivity index (χ0) is 14.4. The lowest BCUT2D eigenvalue weighted by molar-refractivity contribution is 0.0753.